The zero-order chi connectivity index (χ0) is 13.7. The lowest BCUT2D eigenvalue weighted by Crippen LogP contribution is -2.21. The SMILES string of the molecule is Cc1cc(S(=O)CCCC(=O)N(C)C)ccc1N. The maximum Gasteiger partial charge on any atom is 0.222 e. The van der Waals surface area contributed by atoms with Gasteiger partial charge in [0.15, 0.2) is 0 Å². The van der Waals surface area contributed by atoms with Crippen LogP contribution in [0.4, 0.5) is 5.69 Å². The molecular weight excluding hydrogens is 248 g/mol. The molecule has 1 amide bonds. The van der Waals surface area contributed by atoms with Crippen molar-refractivity contribution in [3.63, 3.8) is 0 Å². The summed E-state index contributed by atoms with van der Waals surface area (Å²) < 4.78 is 12.0. The van der Waals surface area contributed by atoms with E-state index in [2.05, 4.69) is 0 Å². The number of hydrogen-bond donors (Lipinski definition) is 1. The van der Waals surface area contributed by atoms with E-state index in [1.165, 1.54) is 0 Å². The number of benzene rings is 1. The Labute approximate surface area is 111 Å². The molecule has 5 heteroatoms. The van der Waals surface area contributed by atoms with Crippen molar-refractivity contribution in [1.29, 1.82) is 0 Å². The summed E-state index contributed by atoms with van der Waals surface area (Å²) in [5, 5.41) is 0. The highest BCUT2D eigenvalue weighted by Gasteiger charge is 2.08. The molecule has 1 atom stereocenters. The summed E-state index contributed by atoms with van der Waals surface area (Å²) in [6, 6.07) is 5.40. The Morgan fingerprint density at radius 2 is 2.06 bits per heavy atom. The van der Waals surface area contributed by atoms with E-state index in [4.69, 9.17) is 5.73 Å². The van der Waals surface area contributed by atoms with E-state index in [0.717, 1.165) is 10.5 Å². The number of aryl methyl sites for hydroxylation is 1. The molecule has 1 unspecified atom stereocenters. The van der Waals surface area contributed by atoms with Crippen LogP contribution < -0.4 is 5.73 Å². The average molecular weight is 268 g/mol. The second kappa shape index (κ2) is 6.54. The molecule has 1 rings (SSSR count). The first-order chi connectivity index (χ1) is 8.41. The molecular formula is C13H20N2O2S. The summed E-state index contributed by atoms with van der Waals surface area (Å²) in [7, 11) is 2.39. The van der Waals surface area contributed by atoms with Gasteiger partial charge >= 0.3 is 0 Å². The van der Waals surface area contributed by atoms with Crippen LogP contribution in [0.2, 0.25) is 0 Å². The number of nitrogens with zero attached hydrogens (tertiary/aromatic N) is 1. The van der Waals surface area contributed by atoms with Gasteiger partial charge in [-0.25, -0.2) is 0 Å². The van der Waals surface area contributed by atoms with Crippen molar-refractivity contribution >= 4 is 22.4 Å². The minimum Gasteiger partial charge on any atom is -0.399 e. The van der Waals surface area contributed by atoms with Gasteiger partial charge in [0.1, 0.15) is 0 Å². The van der Waals surface area contributed by atoms with Gasteiger partial charge in [0.25, 0.3) is 0 Å². The van der Waals surface area contributed by atoms with Gasteiger partial charge in [0.2, 0.25) is 5.91 Å². The van der Waals surface area contributed by atoms with Gasteiger partial charge in [0, 0.05) is 36.9 Å². The fourth-order valence-corrected chi connectivity index (χ4v) is 2.66. The van der Waals surface area contributed by atoms with Gasteiger partial charge in [-0.2, -0.15) is 0 Å². The summed E-state index contributed by atoms with van der Waals surface area (Å²) in [5.41, 5.74) is 7.36. The average Bonchev–Trinajstić information content (AvgIpc) is 2.32. The number of nitrogens with two attached hydrogens (primary N) is 1. The molecule has 0 saturated carbocycles. The van der Waals surface area contributed by atoms with Crippen LogP contribution in [0.15, 0.2) is 23.1 Å². The lowest BCUT2D eigenvalue weighted by molar-refractivity contribution is -0.128. The van der Waals surface area contributed by atoms with Crippen LogP contribution in [0, 0.1) is 6.92 Å². The Hall–Kier alpha value is -1.36. The first-order valence-electron chi connectivity index (χ1n) is 5.86. The molecule has 0 saturated heterocycles. The van der Waals surface area contributed by atoms with Gasteiger partial charge in [0.05, 0.1) is 10.8 Å². The number of carbonyl (C=O) groups excluding carboxylic acids is 1. The molecule has 0 aromatic heterocycles. The smallest absolute Gasteiger partial charge is 0.222 e. The zero-order valence-electron chi connectivity index (χ0n) is 11.1. The molecule has 18 heavy (non-hydrogen) atoms. The van der Waals surface area contributed by atoms with Gasteiger partial charge in [-0.1, -0.05) is 0 Å². The van der Waals surface area contributed by atoms with Crippen molar-refractivity contribution in [3.05, 3.63) is 23.8 Å². The van der Waals surface area contributed by atoms with Crippen molar-refractivity contribution in [2.75, 3.05) is 25.6 Å². The highest BCUT2D eigenvalue weighted by Crippen LogP contribution is 2.16. The Morgan fingerprint density at radius 3 is 2.61 bits per heavy atom. The van der Waals surface area contributed by atoms with E-state index < -0.39 is 10.8 Å². The van der Waals surface area contributed by atoms with Crippen molar-refractivity contribution in [1.82, 2.24) is 4.90 Å². The molecule has 0 fully saturated rings. The van der Waals surface area contributed by atoms with Gasteiger partial charge < -0.3 is 10.6 Å². The Balaban J connectivity index is 2.50. The fraction of sp³-hybridized carbons (Fsp3) is 0.462. The lowest BCUT2D eigenvalue weighted by atomic mass is 10.2. The molecule has 0 radical (unpaired) electrons. The van der Waals surface area contributed by atoms with Crippen LogP contribution in [-0.4, -0.2) is 34.9 Å². The fourth-order valence-electron chi connectivity index (χ4n) is 1.49. The molecule has 2 N–H and O–H groups in total. The Bertz CT molecular complexity index is 458. The van der Waals surface area contributed by atoms with E-state index >= 15 is 0 Å². The third kappa shape index (κ3) is 4.14. The monoisotopic (exact) mass is 268 g/mol. The van der Waals surface area contributed by atoms with Crippen molar-refractivity contribution < 1.29 is 9.00 Å². The molecule has 4 nitrogen and oxygen atoms in total. The Kier molecular flexibility index (Phi) is 5.34. The van der Waals surface area contributed by atoms with Crippen LogP contribution in [0.5, 0.6) is 0 Å². The number of rotatable bonds is 5. The van der Waals surface area contributed by atoms with Gasteiger partial charge in [-0.3, -0.25) is 9.00 Å². The minimum absolute atomic E-state index is 0.0699. The third-order valence-electron chi connectivity index (χ3n) is 2.72. The number of carbonyl (C=O) groups is 1. The molecule has 1 aromatic rings. The van der Waals surface area contributed by atoms with Gasteiger partial charge in [-0.05, 0) is 37.1 Å². The Morgan fingerprint density at radius 1 is 1.39 bits per heavy atom. The molecule has 0 aliphatic carbocycles. The quantitative estimate of drug-likeness (QED) is 0.824. The van der Waals surface area contributed by atoms with Crippen LogP contribution in [0.1, 0.15) is 18.4 Å². The number of amides is 1. The number of hydrogen-bond acceptors (Lipinski definition) is 3. The second-order valence-corrected chi connectivity index (χ2v) is 6.03. The van der Waals surface area contributed by atoms with Crippen LogP contribution in [0.3, 0.4) is 0 Å². The normalized spacial score (nSPS) is 12.2. The summed E-state index contributed by atoms with van der Waals surface area (Å²) >= 11 is 0. The molecule has 0 bridgehead atoms. The van der Waals surface area contributed by atoms with E-state index in [1.807, 2.05) is 13.0 Å². The highest BCUT2D eigenvalue weighted by molar-refractivity contribution is 7.85. The van der Waals surface area contributed by atoms with Crippen molar-refractivity contribution in [2.45, 2.75) is 24.7 Å². The standard InChI is InChI=1S/C13H20N2O2S/c1-10-9-11(6-7-12(10)14)18(17)8-4-5-13(16)15(2)3/h6-7,9H,4-5,8,14H2,1-3H3. The molecule has 0 aliphatic rings. The maximum atomic E-state index is 12.0. The van der Waals surface area contributed by atoms with Crippen LogP contribution >= 0.6 is 0 Å². The van der Waals surface area contributed by atoms with E-state index in [-0.39, 0.29) is 5.91 Å². The molecule has 0 aliphatic heterocycles. The third-order valence-corrected chi connectivity index (χ3v) is 4.16. The molecule has 0 spiro atoms. The number of nitrogen functional groups attached to an aromatic ring is 1. The predicted octanol–water partition coefficient (Wildman–Crippen LogP) is 1.55. The topological polar surface area (TPSA) is 63.4 Å². The molecule has 1 aromatic carbocycles. The predicted molar refractivity (Wildman–Crippen MR) is 74.8 cm³/mol. The number of anilines is 1. The first-order valence-corrected chi connectivity index (χ1v) is 7.18. The van der Waals surface area contributed by atoms with Crippen LogP contribution in [0.25, 0.3) is 0 Å². The first kappa shape index (κ1) is 14.7. The summed E-state index contributed by atoms with van der Waals surface area (Å²) in [6.07, 6.45) is 1.07. The van der Waals surface area contributed by atoms with Crippen LogP contribution in [-0.2, 0) is 15.6 Å². The summed E-state index contributed by atoms with van der Waals surface area (Å²) in [5.74, 6) is 0.573. The molecule has 100 valence electrons. The minimum atomic E-state index is -1.06. The second-order valence-electron chi connectivity index (χ2n) is 4.46. The lowest BCUT2D eigenvalue weighted by Gasteiger charge is -2.09. The summed E-state index contributed by atoms with van der Waals surface area (Å²) in [4.78, 5) is 13.7. The molecule has 0 heterocycles. The van der Waals surface area contributed by atoms with E-state index in [0.29, 0.717) is 24.3 Å². The van der Waals surface area contributed by atoms with E-state index in [9.17, 15) is 9.00 Å². The maximum absolute atomic E-state index is 12.0. The largest absolute Gasteiger partial charge is 0.399 e. The zero-order valence-corrected chi connectivity index (χ0v) is 11.9. The van der Waals surface area contributed by atoms with E-state index in [1.54, 1.807) is 31.1 Å². The van der Waals surface area contributed by atoms with Gasteiger partial charge in [-0.15, -0.1) is 0 Å². The van der Waals surface area contributed by atoms with Crippen molar-refractivity contribution in [2.24, 2.45) is 0 Å². The van der Waals surface area contributed by atoms with Crippen molar-refractivity contribution in [3.8, 4) is 0 Å². The highest BCUT2D eigenvalue weighted by atomic mass is 32.2. The summed E-state index contributed by atoms with van der Waals surface area (Å²) in [6.45, 7) is 1.89.